The molecule has 0 bridgehead atoms. The summed E-state index contributed by atoms with van der Waals surface area (Å²) in [6.07, 6.45) is 6.26. The van der Waals surface area contributed by atoms with E-state index >= 15 is 0 Å². The van der Waals surface area contributed by atoms with Crippen molar-refractivity contribution < 1.29 is 9.21 Å². The fourth-order valence-corrected chi connectivity index (χ4v) is 3.34. The molecule has 0 saturated heterocycles. The number of carbonyl (C=O) groups excluding carboxylic acids is 1. The van der Waals surface area contributed by atoms with Crippen LogP contribution in [0.5, 0.6) is 0 Å². The first kappa shape index (κ1) is 19.1. The number of fused-ring (bicyclic) bond motifs is 1. The highest BCUT2D eigenvalue weighted by Gasteiger charge is 2.17. The number of hydrogen-bond donors (Lipinski definition) is 0. The largest absolute Gasteiger partial charge is 0.423 e. The lowest BCUT2D eigenvalue weighted by Gasteiger charge is -2.17. The fourth-order valence-electron chi connectivity index (χ4n) is 3.34. The first-order chi connectivity index (χ1) is 15.6. The lowest BCUT2D eigenvalue weighted by Crippen LogP contribution is -2.27. The average Bonchev–Trinajstić information content (AvgIpc) is 3.53. The van der Waals surface area contributed by atoms with Crippen LogP contribution < -0.4 is 4.90 Å². The summed E-state index contributed by atoms with van der Waals surface area (Å²) in [5.41, 5.74) is 4.62. The second kappa shape index (κ2) is 7.77. The lowest BCUT2D eigenvalue weighted by molar-refractivity contribution is 0.0988. The number of benzene rings is 2. The second-order valence-corrected chi connectivity index (χ2v) is 6.99. The summed E-state index contributed by atoms with van der Waals surface area (Å²) in [6, 6.07) is 16.5. The van der Waals surface area contributed by atoms with Crippen molar-refractivity contribution in [2.75, 3.05) is 11.9 Å². The average molecular weight is 421 g/mol. The minimum absolute atomic E-state index is 0.270. The van der Waals surface area contributed by atoms with Crippen LogP contribution in [-0.2, 0) is 0 Å². The van der Waals surface area contributed by atoms with E-state index in [1.807, 2.05) is 28.7 Å². The maximum atomic E-state index is 13.0. The molecule has 0 unspecified atom stereocenters. The molecule has 0 aliphatic carbocycles. The van der Waals surface area contributed by atoms with Gasteiger partial charge in [0, 0.05) is 30.1 Å². The van der Waals surface area contributed by atoms with Crippen LogP contribution >= 0.6 is 0 Å². The van der Waals surface area contributed by atoms with E-state index in [0.29, 0.717) is 22.8 Å². The topological polar surface area (TPSA) is 113 Å². The van der Waals surface area contributed by atoms with Gasteiger partial charge in [0.1, 0.15) is 5.69 Å². The zero-order chi connectivity index (χ0) is 22.1. The number of anilines is 1. The highest BCUT2D eigenvalue weighted by atomic mass is 16.4. The molecular formula is C23H15N7O2. The molecule has 0 aliphatic heterocycles. The van der Waals surface area contributed by atoms with Crippen LogP contribution in [-0.4, -0.2) is 37.5 Å². The molecule has 154 valence electrons. The molecule has 9 heteroatoms. The molecule has 2 aromatic carbocycles. The Hall–Kier alpha value is -4.84. The molecule has 0 spiro atoms. The van der Waals surface area contributed by atoms with Crippen LogP contribution in [0.3, 0.4) is 0 Å². The van der Waals surface area contributed by atoms with Crippen molar-refractivity contribution >= 4 is 17.2 Å². The maximum absolute atomic E-state index is 13.0. The maximum Gasteiger partial charge on any atom is 0.278 e. The third-order valence-electron chi connectivity index (χ3n) is 5.09. The predicted octanol–water partition coefficient (Wildman–Crippen LogP) is 3.59. The molecular weight excluding hydrogens is 406 g/mol. The molecule has 1 amide bonds. The quantitative estimate of drug-likeness (QED) is 0.436. The summed E-state index contributed by atoms with van der Waals surface area (Å²) in [6.45, 7) is 0. The summed E-state index contributed by atoms with van der Waals surface area (Å²) in [4.78, 5) is 23.2. The zero-order valence-corrected chi connectivity index (χ0v) is 16.9. The van der Waals surface area contributed by atoms with Crippen LogP contribution in [0.25, 0.3) is 28.4 Å². The van der Waals surface area contributed by atoms with Gasteiger partial charge in [0.25, 0.3) is 5.91 Å². The third kappa shape index (κ3) is 3.36. The van der Waals surface area contributed by atoms with Gasteiger partial charge in [0.15, 0.2) is 5.65 Å². The van der Waals surface area contributed by atoms with Gasteiger partial charge in [-0.15, -0.1) is 10.2 Å². The van der Waals surface area contributed by atoms with Gasteiger partial charge in [-0.2, -0.15) is 5.26 Å². The molecule has 5 rings (SSSR count). The van der Waals surface area contributed by atoms with Gasteiger partial charge in [0.2, 0.25) is 12.3 Å². The molecule has 3 heterocycles. The molecule has 0 saturated carbocycles. The Kier molecular flexibility index (Phi) is 4.65. The normalized spacial score (nSPS) is 10.8. The molecule has 3 aromatic heterocycles. The van der Waals surface area contributed by atoms with Crippen molar-refractivity contribution in [3.63, 3.8) is 0 Å². The molecule has 0 aliphatic rings. The monoisotopic (exact) mass is 421 g/mol. The zero-order valence-electron chi connectivity index (χ0n) is 16.9. The highest BCUT2D eigenvalue weighted by molar-refractivity contribution is 6.04. The summed E-state index contributed by atoms with van der Waals surface area (Å²) in [5.74, 6) is 0.167. The van der Waals surface area contributed by atoms with Gasteiger partial charge in [-0.05, 0) is 36.4 Å². The van der Waals surface area contributed by atoms with Crippen molar-refractivity contribution in [3.05, 3.63) is 84.8 Å². The summed E-state index contributed by atoms with van der Waals surface area (Å²) in [7, 11) is 1.67. The summed E-state index contributed by atoms with van der Waals surface area (Å²) >= 11 is 0. The Labute approximate surface area is 182 Å². The number of aromatic nitrogens is 5. The smallest absolute Gasteiger partial charge is 0.278 e. The molecule has 0 fully saturated rings. The highest BCUT2D eigenvalue weighted by Crippen LogP contribution is 2.25. The summed E-state index contributed by atoms with van der Waals surface area (Å²) in [5, 5.41) is 16.6. The number of amides is 1. The number of carbonyl (C=O) groups is 1. The van der Waals surface area contributed by atoms with Crippen LogP contribution in [0.4, 0.5) is 5.69 Å². The van der Waals surface area contributed by atoms with Crippen molar-refractivity contribution in [1.29, 1.82) is 5.26 Å². The number of rotatable bonds is 4. The number of nitrogens with zero attached hydrogens (tertiary/aromatic N) is 7. The number of imidazole rings is 1. The SMILES string of the molecule is CN(C(=O)c1cn2c(-c3ccc(-c4nnco4)cc3)cnc2cn1)c1ccc(C#N)cc1. The van der Waals surface area contributed by atoms with Crippen LogP contribution in [0.15, 0.2) is 77.9 Å². The van der Waals surface area contributed by atoms with Crippen molar-refractivity contribution in [2.24, 2.45) is 0 Å². The van der Waals surface area contributed by atoms with Crippen molar-refractivity contribution in [3.8, 4) is 28.8 Å². The molecule has 9 nitrogen and oxygen atoms in total. The first-order valence-electron chi connectivity index (χ1n) is 9.62. The van der Waals surface area contributed by atoms with E-state index in [2.05, 4.69) is 26.2 Å². The van der Waals surface area contributed by atoms with Crippen LogP contribution in [0.1, 0.15) is 16.1 Å². The van der Waals surface area contributed by atoms with Gasteiger partial charge < -0.3 is 9.32 Å². The predicted molar refractivity (Wildman–Crippen MR) is 116 cm³/mol. The fraction of sp³-hybridized carbons (Fsp3) is 0.0435. The Bertz CT molecular complexity index is 1450. The number of nitriles is 1. The van der Waals surface area contributed by atoms with Gasteiger partial charge in [-0.1, -0.05) is 12.1 Å². The minimum atomic E-state index is -0.275. The van der Waals surface area contributed by atoms with E-state index in [-0.39, 0.29) is 11.6 Å². The van der Waals surface area contributed by atoms with E-state index in [1.54, 1.807) is 49.9 Å². The minimum Gasteiger partial charge on any atom is -0.423 e. The van der Waals surface area contributed by atoms with Crippen molar-refractivity contribution in [1.82, 2.24) is 24.6 Å². The Morgan fingerprint density at radius 2 is 1.78 bits per heavy atom. The van der Waals surface area contributed by atoms with E-state index < -0.39 is 0 Å². The van der Waals surface area contributed by atoms with E-state index in [1.165, 1.54) is 11.3 Å². The molecule has 0 atom stereocenters. The second-order valence-electron chi connectivity index (χ2n) is 6.99. The molecule has 0 N–H and O–H groups in total. The van der Waals surface area contributed by atoms with Gasteiger partial charge in [-0.3, -0.25) is 9.20 Å². The molecule has 32 heavy (non-hydrogen) atoms. The molecule has 5 aromatic rings. The Morgan fingerprint density at radius 3 is 2.47 bits per heavy atom. The van der Waals surface area contributed by atoms with Gasteiger partial charge >= 0.3 is 0 Å². The lowest BCUT2D eigenvalue weighted by atomic mass is 10.1. The van der Waals surface area contributed by atoms with Crippen molar-refractivity contribution in [2.45, 2.75) is 0 Å². The number of hydrogen-bond acceptors (Lipinski definition) is 7. The van der Waals surface area contributed by atoms with E-state index in [4.69, 9.17) is 9.68 Å². The molecule has 0 radical (unpaired) electrons. The van der Waals surface area contributed by atoms with Gasteiger partial charge in [-0.25, -0.2) is 9.97 Å². The van der Waals surface area contributed by atoms with E-state index in [0.717, 1.165) is 16.8 Å². The standard InChI is InChI=1S/C23H15N7O2/c1-29(18-8-2-15(10-24)3-9-18)23(31)19-13-30-20(11-26-21(30)12-25-19)16-4-6-17(7-5-16)22-28-27-14-32-22/h2-9,11-14H,1H3. The first-order valence-corrected chi connectivity index (χ1v) is 9.62. The van der Waals surface area contributed by atoms with E-state index in [9.17, 15) is 4.79 Å². The van der Waals surface area contributed by atoms with Crippen LogP contribution in [0.2, 0.25) is 0 Å². The third-order valence-corrected chi connectivity index (χ3v) is 5.09. The Balaban J connectivity index is 1.47. The van der Waals surface area contributed by atoms with Crippen LogP contribution in [0, 0.1) is 11.3 Å². The summed E-state index contributed by atoms with van der Waals surface area (Å²) < 4.78 is 7.06. The van der Waals surface area contributed by atoms with Gasteiger partial charge in [0.05, 0.1) is 29.7 Å². The Morgan fingerprint density at radius 1 is 1.03 bits per heavy atom.